The van der Waals surface area contributed by atoms with Crippen molar-refractivity contribution in [3.8, 4) is 16.9 Å². The van der Waals surface area contributed by atoms with E-state index in [1.54, 1.807) is 24.7 Å². The van der Waals surface area contributed by atoms with E-state index in [0.717, 1.165) is 28.9 Å². The monoisotopic (exact) mass is 490 g/mol. The van der Waals surface area contributed by atoms with Crippen LogP contribution in [0.15, 0.2) is 42.9 Å². The maximum atomic E-state index is 15.0. The zero-order valence-electron chi connectivity index (χ0n) is 20.1. The van der Waals surface area contributed by atoms with Gasteiger partial charge in [-0.05, 0) is 31.5 Å². The summed E-state index contributed by atoms with van der Waals surface area (Å²) in [5.74, 6) is 0.623. The summed E-state index contributed by atoms with van der Waals surface area (Å²) >= 11 is 0. The quantitative estimate of drug-likeness (QED) is 0.366. The van der Waals surface area contributed by atoms with E-state index in [4.69, 9.17) is 4.74 Å². The molecule has 2 aliphatic heterocycles. The average molecular weight is 491 g/mol. The lowest BCUT2D eigenvalue weighted by Crippen LogP contribution is -2.28. The van der Waals surface area contributed by atoms with Gasteiger partial charge in [-0.25, -0.2) is 9.37 Å². The second-order valence-electron chi connectivity index (χ2n) is 8.92. The molecule has 4 heterocycles. The number of rotatable bonds is 8. The van der Waals surface area contributed by atoms with Gasteiger partial charge >= 0.3 is 0 Å². The highest BCUT2D eigenvalue weighted by molar-refractivity contribution is 5.96. The number of nitrogens with one attached hydrogen (secondary N) is 2. The highest BCUT2D eigenvalue weighted by Crippen LogP contribution is 2.45. The number of benzene rings is 1. The summed E-state index contributed by atoms with van der Waals surface area (Å²) in [6, 6.07) is 6.89. The Bertz CT molecular complexity index is 1320. The largest absolute Gasteiger partial charge is 0.485 e. The molecule has 0 aliphatic carbocycles. The molecule has 0 saturated carbocycles. The van der Waals surface area contributed by atoms with Crippen LogP contribution in [0.1, 0.15) is 31.4 Å². The molecular weight excluding hydrogens is 463 g/mol. The van der Waals surface area contributed by atoms with Crippen LogP contribution in [0.2, 0.25) is 0 Å². The standard InChI is InChI=1S/C26H27FN6O3/c1-16-19-10-25(31-17-8-18(13-29-12-17)32(2)7-5-28-15-34)30-14-21(19)20-9-22(27)23(11-24(20)36-16)33-6-3-4-26(33)35/h8-16H,3-7H2,1-2H3,(H,28,34)(H,30,31). The molecule has 9 nitrogen and oxygen atoms in total. The van der Waals surface area contributed by atoms with E-state index in [0.29, 0.717) is 49.6 Å². The van der Waals surface area contributed by atoms with Crippen molar-refractivity contribution in [1.82, 2.24) is 15.3 Å². The van der Waals surface area contributed by atoms with Gasteiger partial charge < -0.3 is 25.2 Å². The lowest BCUT2D eigenvalue weighted by molar-refractivity contribution is -0.117. The maximum Gasteiger partial charge on any atom is 0.227 e. The molecule has 0 spiro atoms. The highest BCUT2D eigenvalue weighted by Gasteiger charge is 2.30. The van der Waals surface area contributed by atoms with Crippen molar-refractivity contribution >= 4 is 35.2 Å². The number of likely N-dealkylation sites (N-methyl/N-ethyl adjacent to an activating group) is 1. The Kier molecular flexibility index (Phi) is 6.41. The lowest BCUT2D eigenvalue weighted by atomic mass is 9.94. The van der Waals surface area contributed by atoms with Gasteiger partial charge in [-0.1, -0.05) is 0 Å². The van der Waals surface area contributed by atoms with Crippen LogP contribution < -0.4 is 25.2 Å². The summed E-state index contributed by atoms with van der Waals surface area (Å²) < 4.78 is 21.2. The number of carbonyl (C=O) groups excluding carboxylic acids is 2. The second-order valence-corrected chi connectivity index (χ2v) is 8.92. The number of fused-ring (bicyclic) bond motifs is 3. The van der Waals surface area contributed by atoms with Crippen LogP contribution in [0, 0.1) is 5.82 Å². The Balaban J connectivity index is 1.39. The van der Waals surface area contributed by atoms with Crippen LogP contribution in [0.3, 0.4) is 0 Å². The zero-order valence-corrected chi connectivity index (χ0v) is 20.1. The molecule has 5 rings (SSSR count). The minimum absolute atomic E-state index is 0.0714. The van der Waals surface area contributed by atoms with Gasteiger partial charge in [0.05, 0.1) is 29.5 Å². The molecule has 2 aliphatic rings. The van der Waals surface area contributed by atoms with Crippen LogP contribution in [0.5, 0.6) is 5.75 Å². The number of amides is 2. The third-order valence-corrected chi connectivity index (χ3v) is 6.49. The minimum atomic E-state index is -0.453. The Morgan fingerprint density at radius 1 is 1.22 bits per heavy atom. The summed E-state index contributed by atoms with van der Waals surface area (Å²) in [7, 11) is 1.92. The van der Waals surface area contributed by atoms with Gasteiger partial charge in [0.2, 0.25) is 12.3 Å². The molecule has 1 unspecified atom stereocenters. The third-order valence-electron chi connectivity index (χ3n) is 6.49. The van der Waals surface area contributed by atoms with E-state index in [1.807, 2.05) is 31.0 Å². The summed E-state index contributed by atoms with van der Waals surface area (Å²) in [6.07, 6.45) is 6.71. The first kappa shape index (κ1) is 23.5. The van der Waals surface area contributed by atoms with Crippen molar-refractivity contribution < 1.29 is 18.7 Å². The molecule has 186 valence electrons. The fourth-order valence-electron chi connectivity index (χ4n) is 4.59. The van der Waals surface area contributed by atoms with E-state index in [1.165, 1.54) is 11.0 Å². The van der Waals surface area contributed by atoms with Gasteiger partial charge in [0, 0.05) is 62.1 Å². The highest BCUT2D eigenvalue weighted by atomic mass is 19.1. The molecule has 0 bridgehead atoms. The van der Waals surface area contributed by atoms with Crippen LogP contribution in [0.25, 0.3) is 11.1 Å². The number of anilines is 4. The molecule has 2 amide bonds. The number of aromatic nitrogens is 2. The van der Waals surface area contributed by atoms with Crippen molar-refractivity contribution in [3.63, 3.8) is 0 Å². The Hall–Kier alpha value is -4.21. The van der Waals surface area contributed by atoms with Gasteiger partial charge in [0.15, 0.2) is 0 Å². The number of hydrogen-bond donors (Lipinski definition) is 2. The first-order valence-corrected chi connectivity index (χ1v) is 11.9. The molecular formula is C26H27FN6O3. The van der Waals surface area contributed by atoms with E-state index < -0.39 is 5.82 Å². The molecule has 2 aromatic heterocycles. The number of pyridine rings is 2. The molecule has 36 heavy (non-hydrogen) atoms. The van der Waals surface area contributed by atoms with Crippen LogP contribution in [0.4, 0.5) is 27.3 Å². The van der Waals surface area contributed by atoms with Crippen molar-refractivity contribution in [2.24, 2.45) is 0 Å². The maximum absolute atomic E-state index is 15.0. The summed E-state index contributed by atoms with van der Waals surface area (Å²) in [5, 5.41) is 5.92. The smallest absolute Gasteiger partial charge is 0.227 e. The fraction of sp³-hybridized carbons (Fsp3) is 0.308. The van der Waals surface area contributed by atoms with E-state index >= 15 is 4.39 Å². The summed E-state index contributed by atoms with van der Waals surface area (Å²) in [6.45, 7) is 3.61. The van der Waals surface area contributed by atoms with Gasteiger partial charge in [-0.2, -0.15) is 0 Å². The topological polar surface area (TPSA) is 99.7 Å². The molecule has 0 radical (unpaired) electrons. The summed E-state index contributed by atoms with van der Waals surface area (Å²) in [4.78, 5) is 34.9. The van der Waals surface area contributed by atoms with E-state index in [9.17, 15) is 9.59 Å². The number of ether oxygens (including phenoxy) is 1. The van der Waals surface area contributed by atoms with Crippen LogP contribution >= 0.6 is 0 Å². The van der Waals surface area contributed by atoms with E-state index in [-0.39, 0.29) is 17.7 Å². The Morgan fingerprint density at radius 2 is 2.08 bits per heavy atom. The van der Waals surface area contributed by atoms with Crippen molar-refractivity contribution in [2.45, 2.75) is 25.9 Å². The van der Waals surface area contributed by atoms with Gasteiger partial charge in [-0.15, -0.1) is 0 Å². The molecule has 1 fully saturated rings. The first-order chi connectivity index (χ1) is 17.4. The lowest BCUT2D eigenvalue weighted by Gasteiger charge is -2.28. The Labute approximate surface area is 208 Å². The second kappa shape index (κ2) is 9.80. The normalized spacial score (nSPS) is 16.1. The third kappa shape index (κ3) is 4.53. The van der Waals surface area contributed by atoms with Crippen LogP contribution in [-0.2, 0) is 9.59 Å². The number of hydrogen-bond acceptors (Lipinski definition) is 7. The predicted octanol–water partition coefficient (Wildman–Crippen LogP) is 3.79. The van der Waals surface area contributed by atoms with E-state index in [2.05, 4.69) is 20.6 Å². The van der Waals surface area contributed by atoms with Gasteiger partial charge in [-0.3, -0.25) is 14.6 Å². The Morgan fingerprint density at radius 3 is 2.86 bits per heavy atom. The molecule has 3 aromatic rings. The molecule has 2 N–H and O–H groups in total. The molecule has 1 saturated heterocycles. The number of nitrogens with zero attached hydrogens (tertiary/aromatic N) is 4. The van der Waals surface area contributed by atoms with Crippen molar-refractivity contribution in [2.75, 3.05) is 41.8 Å². The number of halogens is 1. The van der Waals surface area contributed by atoms with Crippen molar-refractivity contribution in [3.05, 3.63) is 54.2 Å². The fourth-order valence-corrected chi connectivity index (χ4v) is 4.59. The summed E-state index contributed by atoms with van der Waals surface area (Å²) in [5.41, 5.74) is 4.19. The number of carbonyl (C=O) groups is 2. The van der Waals surface area contributed by atoms with Gasteiger partial charge in [0.25, 0.3) is 0 Å². The SMILES string of the molecule is CC1Oc2cc(N3CCCC3=O)c(F)cc2-c2cnc(Nc3cncc(N(C)CCNC=O)c3)cc21. The minimum Gasteiger partial charge on any atom is -0.485 e. The zero-order chi connectivity index (χ0) is 25.2. The van der Waals surface area contributed by atoms with Crippen LogP contribution in [-0.4, -0.2) is 49.0 Å². The first-order valence-electron chi connectivity index (χ1n) is 11.9. The molecule has 1 atom stereocenters. The molecule has 10 heteroatoms. The molecule has 1 aromatic carbocycles. The van der Waals surface area contributed by atoms with Gasteiger partial charge in [0.1, 0.15) is 23.5 Å². The predicted molar refractivity (Wildman–Crippen MR) is 135 cm³/mol. The average Bonchev–Trinajstić information content (AvgIpc) is 3.30. The van der Waals surface area contributed by atoms with Crippen molar-refractivity contribution in [1.29, 1.82) is 0 Å².